The van der Waals surface area contributed by atoms with E-state index in [-0.39, 0.29) is 22.5 Å². The van der Waals surface area contributed by atoms with Gasteiger partial charge in [0.2, 0.25) is 11.1 Å². The molecule has 3 aromatic rings. The molecule has 1 aromatic heterocycles. The first-order valence-electron chi connectivity index (χ1n) is 9.46. The number of nitro groups is 1. The number of carbonyl (C=O) groups is 1. The molecule has 1 heterocycles. The van der Waals surface area contributed by atoms with E-state index in [4.69, 9.17) is 4.74 Å². The average molecular weight is 481 g/mol. The average Bonchev–Trinajstić information content (AvgIpc) is 3.15. The Morgan fingerprint density at radius 2 is 2.00 bits per heavy atom. The molecule has 1 N–H and O–H groups in total. The van der Waals surface area contributed by atoms with E-state index in [0.717, 1.165) is 23.9 Å². The summed E-state index contributed by atoms with van der Waals surface area (Å²) in [6, 6.07) is 9.17. The van der Waals surface area contributed by atoms with Crippen molar-refractivity contribution in [2.24, 2.45) is 0 Å². The summed E-state index contributed by atoms with van der Waals surface area (Å²) in [5, 5.41) is 22.5. The maximum absolute atomic E-state index is 13.0. The van der Waals surface area contributed by atoms with Crippen molar-refractivity contribution >= 4 is 23.4 Å². The lowest BCUT2D eigenvalue weighted by Crippen LogP contribution is -2.23. The van der Waals surface area contributed by atoms with Gasteiger partial charge >= 0.3 is 6.18 Å². The van der Waals surface area contributed by atoms with Gasteiger partial charge in [-0.15, -0.1) is 10.2 Å². The zero-order valence-electron chi connectivity index (χ0n) is 17.4. The van der Waals surface area contributed by atoms with E-state index in [9.17, 15) is 28.1 Å². The number of nitro benzene ring substituents is 1. The van der Waals surface area contributed by atoms with Crippen LogP contribution in [0.2, 0.25) is 0 Å². The maximum Gasteiger partial charge on any atom is 0.416 e. The lowest BCUT2D eigenvalue weighted by atomic mass is 10.2. The largest absolute Gasteiger partial charge is 0.497 e. The molecule has 0 bridgehead atoms. The van der Waals surface area contributed by atoms with Crippen LogP contribution in [0.5, 0.6) is 5.75 Å². The fraction of sp³-hybridized carbons (Fsp3) is 0.250. The molecule has 3 rings (SSSR count). The second kappa shape index (κ2) is 9.90. The zero-order valence-corrected chi connectivity index (χ0v) is 18.2. The smallest absolute Gasteiger partial charge is 0.416 e. The van der Waals surface area contributed by atoms with Crippen LogP contribution < -0.4 is 10.1 Å². The number of methoxy groups -OCH3 is 1. The molecule has 0 aliphatic carbocycles. The van der Waals surface area contributed by atoms with Gasteiger partial charge in [-0.3, -0.25) is 19.5 Å². The molecular formula is C20H18F3N5O4S. The second-order valence-electron chi connectivity index (χ2n) is 6.71. The number of nitrogens with one attached hydrogen (secondary N) is 1. The summed E-state index contributed by atoms with van der Waals surface area (Å²) in [7, 11) is 1.49. The number of alkyl halides is 3. The SMILES string of the molecule is COc1cccc(-n2c(CCNC(C)=O)nnc2Sc2ccc(C(F)(F)F)cc2[N+](=O)[O-])c1. The minimum absolute atomic E-state index is 0.0297. The van der Waals surface area contributed by atoms with E-state index >= 15 is 0 Å². The first kappa shape index (κ1) is 24.0. The Hall–Kier alpha value is -3.61. The topological polar surface area (TPSA) is 112 Å². The molecule has 0 saturated carbocycles. The maximum atomic E-state index is 13.0. The summed E-state index contributed by atoms with van der Waals surface area (Å²) in [5.74, 6) is 0.747. The van der Waals surface area contributed by atoms with Crippen LogP contribution in [-0.4, -0.2) is 39.2 Å². The molecule has 9 nitrogen and oxygen atoms in total. The third-order valence-corrected chi connectivity index (χ3v) is 5.43. The van der Waals surface area contributed by atoms with Gasteiger partial charge in [-0.2, -0.15) is 13.2 Å². The van der Waals surface area contributed by atoms with Gasteiger partial charge in [0.05, 0.1) is 28.2 Å². The van der Waals surface area contributed by atoms with E-state index in [1.807, 2.05) is 0 Å². The van der Waals surface area contributed by atoms with Crippen LogP contribution in [0, 0.1) is 10.1 Å². The van der Waals surface area contributed by atoms with Crippen LogP contribution in [0.1, 0.15) is 18.3 Å². The van der Waals surface area contributed by atoms with Crippen LogP contribution in [0.3, 0.4) is 0 Å². The van der Waals surface area contributed by atoms with Gasteiger partial charge in [-0.05, 0) is 36.0 Å². The minimum atomic E-state index is -4.72. The molecule has 174 valence electrons. The van der Waals surface area contributed by atoms with E-state index in [2.05, 4.69) is 15.5 Å². The Bertz CT molecular complexity index is 1180. The van der Waals surface area contributed by atoms with Crippen LogP contribution >= 0.6 is 11.8 Å². The molecule has 33 heavy (non-hydrogen) atoms. The Morgan fingerprint density at radius 1 is 1.24 bits per heavy atom. The number of benzene rings is 2. The lowest BCUT2D eigenvalue weighted by molar-refractivity contribution is -0.388. The van der Waals surface area contributed by atoms with Crippen molar-refractivity contribution < 1.29 is 27.6 Å². The van der Waals surface area contributed by atoms with E-state index in [1.165, 1.54) is 14.0 Å². The highest BCUT2D eigenvalue weighted by molar-refractivity contribution is 7.99. The first-order chi connectivity index (χ1) is 15.6. The van der Waals surface area contributed by atoms with E-state index < -0.39 is 22.4 Å². The van der Waals surface area contributed by atoms with Crippen molar-refractivity contribution in [3.63, 3.8) is 0 Å². The summed E-state index contributed by atoms with van der Waals surface area (Å²) >= 11 is 0.810. The van der Waals surface area contributed by atoms with Gasteiger partial charge in [-0.25, -0.2) is 0 Å². The fourth-order valence-electron chi connectivity index (χ4n) is 2.91. The first-order valence-corrected chi connectivity index (χ1v) is 10.3. The van der Waals surface area contributed by atoms with Crippen LogP contribution in [0.4, 0.5) is 18.9 Å². The Kier molecular flexibility index (Phi) is 7.21. The molecule has 13 heteroatoms. The number of ether oxygens (including phenoxy) is 1. The minimum Gasteiger partial charge on any atom is -0.497 e. The molecule has 1 amide bonds. The summed E-state index contributed by atoms with van der Waals surface area (Å²) in [4.78, 5) is 21.8. The van der Waals surface area contributed by atoms with Crippen molar-refractivity contribution in [2.45, 2.75) is 29.6 Å². The predicted octanol–water partition coefficient (Wildman–Crippen LogP) is 4.03. The van der Waals surface area contributed by atoms with Gasteiger partial charge in [0.15, 0.2) is 0 Å². The molecule has 0 atom stereocenters. The number of hydrogen-bond donors (Lipinski definition) is 1. The highest BCUT2D eigenvalue weighted by Gasteiger charge is 2.33. The third kappa shape index (κ3) is 5.80. The molecule has 0 aliphatic heterocycles. The zero-order chi connectivity index (χ0) is 24.2. The molecular weight excluding hydrogens is 463 g/mol. The highest BCUT2D eigenvalue weighted by atomic mass is 32.2. The van der Waals surface area contributed by atoms with Gasteiger partial charge < -0.3 is 10.1 Å². The third-order valence-electron chi connectivity index (χ3n) is 4.42. The molecule has 2 aromatic carbocycles. The van der Waals surface area contributed by atoms with Gasteiger partial charge in [-0.1, -0.05) is 6.07 Å². The van der Waals surface area contributed by atoms with Gasteiger partial charge in [0, 0.05) is 32.0 Å². The predicted molar refractivity (Wildman–Crippen MR) is 113 cm³/mol. The number of amides is 1. The number of halogens is 3. The van der Waals surface area contributed by atoms with E-state index in [0.29, 0.717) is 29.7 Å². The number of hydrogen-bond acceptors (Lipinski definition) is 7. The molecule has 0 spiro atoms. The highest BCUT2D eigenvalue weighted by Crippen LogP contribution is 2.39. The van der Waals surface area contributed by atoms with Gasteiger partial charge in [0.25, 0.3) is 5.69 Å². The fourth-order valence-corrected chi connectivity index (χ4v) is 3.86. The molecule has 0 fully saturated rings. The quantitative estimate of drug-likeness (QED) is 0.382. The lowest BCUT2D eigenvalue weighted by Gasteiger charge is -2.12. The molecule has 0 aliphatic rings. The van der Waals surface area contributed by atoms with Crippen molar-refractivity contribution in [1.82, 2.24) is 20.1 Å². The summed E-state index contributed by atoms with van der Waals surface area (Å²) in [6.45, 7) is 1.64. The van der Waals surface area contributed by atoms with Crippen molar-refractivity contribution in [3.8, 4) is 11.4 Å². The number of aromatic nitrogens is 3. The van der Waals surface area contributed by atoms with Crippen LogP contribution in [0.15, 0.2) is 52.5 Å². The Balaban J connectivity index is 2.05. The Labute approximate surface area is 190 Å². The van der Waals surface area contributed by atoms with Gasteiger partial charge in [0.1, 0.15) is 11.6 Å². The van der Waals surface area contributed by atoms with Crippen LogP contribution in [-0.2, 0) is 17.4 Å². The standard InChI is InChI=1S/C20H18F3N5O4S/c1-12(29)24-9-8-18-25-26-19(27(18)14-4-3-5-15(11-14)32-2)33-17-7-6-13(20(21,22)23)10-16(17)28(30)31/h3-7,10-11H,8-9H2,1-2H3,(H,24,29). The number of nitrogens with zero attached hydrogens (tertiary/aromatic N) is 4. The Morgan fingerprint density at radius 3 is 2.64 bits per heavy atom. The monoisotopic (exact) mass is 481 g/mol. The molecule has 0 saturated heterocycles. The number of rotatable bonds is 8. The normalized spacial score (nSPS) is 11.3. The summed E-state index contributed by atoms with van der Waals surface area (Å²) in [6.07, 6.45) is -4.43. The van der Waals surface area contributed by atoms with Crippen LogP contribution in [0.25, 0.3) is 5.69 Å². The molecule has 0 unspecified atom stereocenters. The second-order valence-corrected chi connectivity index (χ2v) is 7.72. The number of carbonyl (C=O) groups excluding carboxylic acids is 1. The van der Waals surface area contributed by atoms with E-state index in [1.54, 1.807) is 28.8 Å². The molecule has 0 radical (unpaired) electrons. The van der Waals surface area contributed by atoms with Crippen molar-refractivity contribution in [2.75, 3.05) is 13.7 Å². The summed E-state index contributed by atoms with van der Waals surface area (Å²) < 4.78 is 45.9. The summed E-state index contributed by atoms with van der Waals surface area (Å²) in [5.41, 5.74) is -1.24. The van der Waals surface area contributed by atoms with Crippen molar-refractivity contribution in [1.29, 1.82) is 0 Å². The van der Waals surface area contributed by atoms with Crippen molar-refractivity contribution in [3.05, 3.63) is 64.0 Å².